The first-order valence-electron chi connectivity index (χ1n) is 7.96. The van der Waals surface area contributed by atoms with E-state index in [9.17, 15) is 28.5 Å². The summed E-state index contributed by atoms with van der Waals surface area (Å²) in [6.45, 7) is 1.16. The normalized spacial score (nSPS) is 26.0. The second-order valence-electron chi connectivity index (χ2n) is 6.04. The first-order chi connectivity index (χ1) is 13.6. The number of nitrogens with zero attached hydrogens (tertiary/aromatic N) is 4. The first-order valence-corrected chi connectivity index (χ1v) is 10.3. The Morgan fingerprint density at radius 1 is 1.52 bits per heavy atom. The molecule has 156 valence electrons. The maximum absolute atomic E-state index is 12.8. The molecule has 0 spiro atoms. The fraction of sp³-hybridized carbons (Fsp3) is 0.429. The molecule has 0 aromatic carbocycles. The molecule has 3 atom stereocenters. The van der Waals surface area contributed by atoms with Crippen LogP contribution in [-0.4, -0.2) is 82.5 Å². The van der Waals surface area contributed by atoms with Crippen LogP contribution in [-0.2, 0) is 29.9 Å². The fourth-order valence-electron chi connectivity index (χ4n) is 3.12. The monoisotopic (exact) mass is 444 g/mol. The van der Waals surface area contributed by atoms with Gasteiger partial charge in [0.05, 0.1) is 16.6 Å². The molecule has 4 N–H and O–H groups in total. The summed E-state index contributed by atoms with van der Waals surface area (Å²) in [5, 5.41) is 18.2. The van der Waals surface area contributed by atoms with Crippen LogP contribution in [0.2, 0.25) is 0 Å². The highest BCUT2D eigenvalue weighted by Crippen LogP contribution is 2.42. The van der Waals surface area contributed by atoms with Crippen LogP contribution in [0.5, 0.6) is 0 Å². The minimum atomic E-state index is -1.89. The van der Waals surface area contributed by atoms with Gasteiger partial charge in [-0.3, -0.25) is 18.7 Å². The summed E-state index contributed by atoms with van der Waals surface area (Å²) in [5.74, 6) is -3.05. The Morgan fingerprint density at radius 3 is 2.76 bits per heavy atom. The average molecular weight is 444 g/mol. The highest BCUT2D eigenvalue weighted by Gasteiger charge is 2.68. The van der Waals surface area contributed by atoms with Gasteiger partial charge in [-0.15, -0.1) is 10.2 Å². The Hall–Kier alpha value is -2.78. The van der Waals surface area contributed by atoms with E-state index in [1.807, 2.05) is 0 Å². The Bertz CT molecular complexity index is 975. The number of carboxylic acids is 1. The van der Waals surface area contributed by atoms with Crippen molar-refractivity contribution in [2.45, 2.75) is 23.2 Å². The SMILES string of the molecule is COC1(NC(C)=O)C(=O)N2C(C(=O)O)=C(CSc3nncn3C(N)=O)CS(=O)[C@H]21. The van der Waals surface area contributed by atoms with E-state index in [-0.39, 0.29) is 27.9 Å². The van der Waals surface area contributed by atoms with E-state index in [0.29, 0.717) is 0 Å². The van der Waals surface area contributed by atoms with Crippen LogP contribution in [0.1, 0.15) is 6.92 Å². The summed E-state index contributed by atoms with van der Waals surface area (Å²) in [6.07, 6.45) is 1.10. The molecule has 3 amide bonds. The van der Waals surface area contributed by atoms with Crippen LogP contribution in [0.15, 0.2) is 22.8 Å². The smallest absolute Gasteiger partial charge is 0.352 e. The maximum Gasteiger partial charge on any atom is 0.352 e. The first kappa shape index (κ1) is 20.9. The molecule has 1 aromatic heterocycles. The molecule has 29 heavy (non-hydrogen) atoms. The molecular weight excluding hydrogens is 428 g/mol. The molecule has 3 heterocycles. The number of thioether (sulfide) groups is 1. The summed E-state index contributed by atoms with van der Waals surface area (Å²) in [4.78, 5) is 48.3. The van der Waals surface area contributed by atoms with E-state index in [0.717, 1.165) is 41.6 Å². The van der Waals surface area contributed by atoms with Crippen molar-refractivity contribution in [1.82, 2.24) is 25.0 Å². The molecule has 1 fully saturated rings. The number of carbonyl (C=O) groups excluding carboxylic acids is 3. The van der Waals surface area contributed by atoms with Crippen LogP contribution in [0.4, 0.5) is 4.79 Å². The number of aliphatic carboxylic acids is 1. The molecule has 1 aromatic rings. The van der Waals surface area contributed by atoms with Gasteiger partial charge in [0.15, 0.2) is 10.5 Å². The number of hydrogen-bond acceptors (Lipinski definition) is 9. The van der Waals surface area contributed by atoms with Crippen molar-refractivity contribution < 1.29 is 33.2 Å². The van der Waals surface area contributed by atoms with Crippen LogP contribution < -0.4 is 11.1 Å². The second kappa shape index (κ2) is 7.57. The Morgan fingerprint density at radius 2 is 2.21 bits per heavy atom. The van der Waals surface area contributed by atoms with Crippen molar-refractivity contribution in [2.24, 2.45) is 5.73 Å². The molecule has 0 bridgehead atoms. The quantitative estimate of drug-likeness (QED) is 0.253. The third kappa shape index (κ3) is 3.30. The van der Waals surface area contributed by atoms with E-state index in [1.54, 1.807) is 0 Å². The van der Waals surface area contributed by atoms with Gasteiger partial charge in [0, 0.05) is 19.8 Å². The number of aromatic nitrogens is 3. The van der Waals surface area contributed by atoms with Gasteiger partial charge in [-0.1, -0.05) is 11.8 Å². The summed E-state index contributed by atoms with van der Waals surface area (Å²) in [5.41, 5.74) is 3.15. The summed E-state index contributed by atoms with van der Waals surface area (Å²) in [6, 6.07) is -0.824. The third-order valence-corrected chi connectivity index (χ3v) is 6.98. The van der Waals surface area contributed by atoms with Gasteiger partial charge in [0.2, 0.25) is 5.91 Å². The predicted molar refractivity (Wildman–Crippen MR) is 97.6 cm³/mol. The molecule has 2 aliphatic rings. The molecule has 0 saturated carbocycles. The van der Waals surface area contributed by atoms with E-state index < -0.39 is 45.7 Å². The second-order valence-corrected chi connectivity index (χ2v) is 8.48. The van der Waals surface area contributed by atoms with E-state index >= 15 is 0 Å². The van der Waals surface area contributed by atoms with Crippen molar-refractivity contribution in [3.8, 4) is 0 Å². The minimum Gasteiger partial charge on any atom is -0.477 e. The van der Waals surface area contributed by atoms with Gasteiger partial charge in [-0.25, -0.2) is 14.2 Å². The lowest BCUT2D eigenvalue weighted by molar-refractivity contribution is -0.192. The third-order valence-electron chi connectivity index (χ3n) is 4.28. The number of nitrogens with two attached hydrogens (primary N) is 1. The zero-order valence-corrected chi connectivity index (χ0v) is 16.8. The number of methoxy groups -OCH3 is 1. The molecule has 2 unspecified atom stereocenters. The van der Waals surface area contributed by atoms with Gasteiger partial charge in [-0.2, -0.15) is 0 Å². The predicted octanol–water partition coefficient (Wildman–Crippen LogP) is -1.95. The molecule has 0 aliphatic carbocycles. The molecular formula is C14H16N6O7S2. The van der Waals surface area contributed by atoms with Crippen LogP contribution in [0, 0.1) is 0 Å². The number of rotatable bonds is 6. The average Bonchev–Trinajstić information content (AvgIpc) is 3.12. The van der Waals surface area contributed by atoms with Crippen molar-refractivity contribution >= 4 is 46.4 Å². The van der Waals surface area contributed by atoms with E-state index in [1.165, 1.54) is 0 Å². The van der Waals surface area contributed by atoms with Crippen LogP contribution in [0.25, 0.3) is 0 Å². The number of nitrogens with one attached hydrogen (secondary N) is 1. The number of fused-ring (bicyclic) bond motifs is 1. The number of carboxylic acid groups (broad SMARTS) is 1. The van der Waals surface area contributed by atoms with Gasteiger partial charge in [-0.05, 0) is 5.57 Å². The zero-order valence-electron chi connectivity index (χ0n) is 15.1. The number of hydrogen-bond donors (Lipinski definition) is 3. The standard InChI is InChI=1S/C14H16N6O7S2/c1-6(21)17-14(27-2)10(24)20-8(9(22)23)7(4-29(26)11(14)20)3-28-13-18-16-5-19(13)12(15)25/h5,11H,3-4H2,1-2H3,(H2,15,25)(H,17,21)(H,22,23)/t11-,14?,29?/m0/s1. The number of carbonyl (C=O) groups is 4. The summed E-state index contributed by atoms with van der Waals surface area (Å²) in [7, 11) is -0.607. The zero-order chi connectivity index (χ0) is 21.5. The number of primary amides is 1. The van der Waals surface area contributed by atoms with E-state index in [2.05, 4.69) is 15.5 Å². The lowest BCUT2D eigenvalue weighted by atomic mass is 9.98. The molecule has 1 saturated heterocycles. The van der Waals surface area contributed by atoms with Crippen LogP contribution >= 0.6 is 11.8 Å². The highest BCUT2D eigenvalue weighted by molar-refractivity contribution is 7.99. The summed E-state index contributed by atoms with van der Waals surface area (Å²) >= 11 is 0.951. The van der Waals surface area contributed by atoms with Crippen molar-refractivity contribution in [1.29, 1.82) is 0 Å². The molecule has 0 radical (unpaired) electrons. The Labute approximate surface area is 170 Å². The fourth-order valence-corrected chi connectivity index (χ4v) is 5.98. The number of ether oxygens (including phenoxy) is 1. The van der Waals surface area contributed by atoms with Gasteiger partial charge in [0.25, 0.3) is 11.6 Å². The van der Waals surface area contributed by atoms with Crippen LogP contribution in [0.3, 0.4) is 0 Å². The molecule has 3 rings (SSSR count). The lowest BCUT2D eigenvalue weighted by Gasteiger charge is -2.55. The molecule has 13 nitrogen and oxygen atoms in total. The van der Waals surface area contributed by atoms with Gasteiger partial charge >= 0.3 is 12.0 Å². The van der Waals surface area contributed by atoms with Crippen molar-refractivity contribution in [3.63, 3.8) is 0 Å². The molecule has 15 heteroatoms. The minimum absolute atomic E-state index is 0.0318. The molecule has 2 aliphatic heterocycles. The van der Waals surface area contributed by atoms with Crippen molar-refractivity contribution in [2.75, 3.05) is 18.6 Å². The Balaban J connectivity index is 1.94. The largest absolute Gasteiger partial charge is 0.477 e. The van der Waals surface area contributed by atoms with Crippen molar-refractivity contribution in [3.05, 3.63) is 17.6 Å². The highest BCUT2D eigenvalue weighted by atomic mass is 32.2. The number of β-lactam (4-membered cyclic amide) rings is 1. The Kier molecular flexibility index (Phi) is 5.46. The lowest BCUT2D eigenvalue weighted by Crippen LogP contribution is -2.83. The maximum atomic E-state index is 12.8. The van der Waals surface area contributed by atoms with E-state index in [4.69, 9.17) is 10.5 Å². The van der Waals surface area contributed by atoms with Gasteiger partial charge < -0.3 is 20.9 Å². The summed E-state index contributed by atoms with van der Waals surface area (Å²) < 4.78 is 18.9. The number of amides is 3. The van der Waals surface area contributed by atoms with Gasteiger partial charge in [0.1, 0.15) is 12.0 Å². The topological polar surface area (TPSA) is 187 Å².